The molecule has 0 saturated carbocycles. The third kappa shape index (κ3) is 3.50. The molecule has 22 heavy (non-hydrogen) atoms. The smallest absolute Gasteiger partial charge is 0.330 e. The largest absolute Gasteiger partial charge is 0.478 e. The number of aromatic amines is 1. The third-order valence-corrected chi connectivity index (χ3v) is 3.25. The maximum absolute atomic E-state index is 11.9. The molecule has 0 aliphatic carbocycles. The maximum atomic E-state index is 11.9. The number of H-pyrrole nitrogens is 1. The van der Waals surface area contributed by atoms with E-state index in [-0.39, 0.29) is 18.6 Å². The summed E-state index contributed by atoms with van der Waals surface area (Å²) in [6.07, 6.45) is 1.08. The number of aliphatic carboxylic acids is 1. The van der Waals surface area contributed by atoms with E-state index in [1.165, 1.54) is 13.3 Å². The lowest BCUT2D eigenvalue weighted by atomic mass is 10.2. The van der Waals surface area contributed by atoms with E-state index in [4.69, 9.17) is 14.6 Å². The first kappa shape index (κ1) is 16.1. The van der Waals surface area contributed by atoms with Gasteiger partial charge in [0.1, 0.15) is 12.3 Å². The summed E-state index contributed by atoms with van der Waals surface area (Å²) in [5.74, 6) is -1.22. The molecule has 2 heterocycles. The molecule has 3 N–H and O–H groups in total. The number of carboxylic acids is 1. The van der Waals surface area contributed by atoms with Crippen LogP contribution in [0, 0.1) is 0 Å². The van der Waals surface area contributed by atoms with Gasteiger partial charge in [-0.2, -0.15) is 0 Å². The van der Waals surface area contributed by atoms with Gasteiger partial charge in [0.05, 0.1) is 18.3 Å². The average Bonchev–Trinajstić information content (AvgIpc) is 2.79. The number of ether oxygens (including phenoxy) is 2. The zero-order valence-electron chi connectivity index (χ0n) is 11.8. The number of aliphatic hydroxyl groups excluding tert-OH is 1. The zero-order valence-corrected chi connectivity index (χ0v) is 11.8. The van der Waals surface area contributed by atoms with Crippen molar-refractivity contribution in [2.24, 2.45) is 0 Å². The summed E-state index contributed by atoms with van der Waals surface area (Å²) in [5.41, 5.74) is -1.41. The minimum Gasteiger partial charge on any atom is -0.478 e. The Morgan fingerprint density at radius 2 is 2.32 bits per heavy atom. The van der Waals surface area contributed by atoms with E-state index in [9.17, 15) is 19.5 Å². The second-order valence-electron chi connectivity index (χ2n) is 4.81. The van der Waals surface area contributed by atoms with E-state index in [1.807, 2.05) is 0 Å². The van der Waals surface area contributed by atoms with E-state index < -0.39 is 35.7 Å². The predicted octanol–water partition coefficient (Wildman–Crippen LogP) is -1.07. The molecule has 9 nitrogen and oxygen atoms in total. The standard InChI is InChI=1S/C13H16N2O7/c1-21-6-9-8(16)4-10(22-9)15-5-7(2-3-11(17)18)12(19)14-13(15)20/h2-3,5,8-10,16H,4,6H2,1H3,(H,17,18)(H,14,19,20)/b3-2+/t8?,9-,10-/m1/s1. The Bertz CT molecular complexity index is 690. The summed E-state index contributed by atoms with van der Waals surface area (Å²) in [6, 6.07) is 0. The molecule has 2 rings (SSSR count). The van der Waals surface area contributed by atoms with Gasteiger partial charge in [-0.05, 0) is 6.08 Å². The van der Waals surface area contributed by atoms with Crippen molar-refractivity contribution in [2.75, 3.05) is 13.7 Å². The second-order valence-corrected chi connectivity index (χ2v) is 4.81. The molecule has 120 valence electrons. The highest BCUT2D eigenvalue weighted by Crippen LogP contribution is 2.27. The minimum atomic E-state index is -1.22. The second kappa shape index (κ2) is 6.69. The molecule has 1 aromatic heterocycles. The number of methoxy groups -OCH3 is 1. The van der Waals surface area contributed by atoms with Crippen LogP contribution in [0.2, 0.25) is 0 Å². The van der Waals surface area contributed by atoms with Crippen molar-refractivity contribution in [2.45, 2.75) is 24.9 Å². The first-order chi connectivity index (χ1) is 10.4. The van der Waals surface area contributed by atoms with Crippen molar-refractivity contribution in [1.82, 2.24) is 9.55 Å². The van der Waals surface area contributed by atoms with Gasteiger partial charge in [0.15, 0.2) is 0 Å². The van der Waals surface area contributed by atoms with E-state index in [2.05, 4.69) is 4.98 Å². The van der Waals surface area contributed by atoms with Crippen molar-refractivity contribution in [1.29, 1.82) is 0 Å². The lowest BCUT2D eigenvalue weighted by Crippen LogP contribution is -2.33. The monoisotopic (exact) mass is 312 g/mol. The Hall–Kier alpha value is -2.23. The van der Waals surface area contributed by atoms with Crippen molar-refractivity contribution in [3.8, 4) is 0 Å². The Kier molecular flexibility index (Phi) is 4.91. The highest BCUT2D eigenvalue weighted by Gasteiger charge is 2.35. The molecule has 0 radical (unpaired) electrons. The van der Waals surface area contributed by atoms with Crippen LogP contribution in [0.25, 0.3) is 6.08 Å². The number of rotatable bonds is 5. The molecular weight excluding hydrogens is 296 g/mol. The topological polar surface area (TPSA) is 131 Å². The minimum absolute atomic E-state index is 0.00437. The van der Waals surface area contributed by atoms with Crippen LogP contribution in [0.5, 0.6) is 0 Å². The molecule has 1 aliphatic rings. The molecule has 1 aromatic rings. The van der Waals surface area contributed by atoms with Gasteiger partial charge in [0.25, 0.3) is 5.56 Å². The van der Waals surface area contributed by atoms with Crippen LogP contribution >= 0.6 is 0 Å². The van der Waals surface area contributed by atoms with Crippen LogP contribution in [0.1, 0.15) is 18.2 Å². The molecule has 3 atom stereocenters. The van der Waals surface area contributed by atoms with E-state index >= 15 is 0 Å². The average molecular weight is 312 g/mol. The fraction of sp³-hybridized carbons (Fsp3) is 0.462. The highest BCUT2D eigenvalue weighted by atomic mass is 16.6. The van der Waals surface area contributed by atoms with E-state index in [1.54, 1.807) is 0 Å². The SMILES string of the molecule is COC[C@H]1O[C@@H](n2cc(/C=C/C(=O)O)c(=O)[nH]c2=O)CC1O. The van der Waals surface area contributed by atoms with E-state index in [0.29, 0.717) is 0 Å². The molecule has 0 aromatic carbocycles. The number of nitrogens with one attached hydrogen (secondary N) is 1. The van der Waals surface area contributed by atoms with Crippen molar-refractivity contribution in [3.05, 3.63) is 38.7 Å². The molecule has 1 saturated heterocycles. The number of hydrogen-bond donors (Lipinski definition) is 3. The lowest BCUT2D eigenvalue weighted by molar-refractivity contribution is -0.131. The van der Waals surface area contributed by atoms with Crippen LogP contribution in [0.4, 0.5) is 0 Å². The van der Waals surface area contributed by atoms with Gasteiger partial charge in [-0.3, -0.25) is 14.3 Å². The van der Waals surface area contributed by atoms with Crippen LogP contribution in [-0.4, -0.2) is 51.7 Å². The molecule has 0 spiro atoms. The van der Waals surface area contributed by atoms with E-state index in [0.717, 1.165) is 16.7 Å². The van der Waals surface area contributed by atoms with Crippen LogP contribution in [-0.2, 0) is 14.3 Å². The number of carboxylic acid groups (broad SMARTS) is 1. The fourth-order valence-corrected chi connectivity index (χ4v) is 2.19. The Balaban J connectivity index is 2.32. The summed E-state index contributed by atoms with van der Waals surface area (Å²) in [5, 5.41) is 18.4. The Morgan fingerprint density at radius 3 is 2.95 bits per heavy atom. The summed E-state index contributed by atoms with van der Waals surface area (Å²) in [7, 11) is 1.46. The highest BCUT2D eigenvalue weighted by molar-refractivity contribution is 5.85. The number of aliphatic hydroxyl groups is 1. The molecule has 0 amide bonds. The van der Waals surface area contributed by atoms with Crippen molar-refractivity contribution < 1.29 is 24.5 Å². The molecular formula is C13H16N2O7. The van der Waals surface area contributed by atoms with Gasteiger partial charge >= 0.3 is 11.7 Å². The first-order valence-corrected chi connectivity index (χ1v) is 6.51. The van der Waals surface area contributed by atoms with Crippen LogP contribution in [0.15, 0.2) is 21.9 Å². The Morgan fingerprint density at radius 1 is 1.59 bits per heavy atom. The Labute approximate surface area is 124 Å². The number of nitrogens with zero attached hydrogens (tertiary/aromatic N) is 1. The van der Waals surface area contributed by atoms with Gasteiger partial charge in [0.2, 0.25) is 0 Å². The fourth-order valence-electron chi connectivity index (χ4n) is 2.19. The van der Waals surface area contributed by atoms with Crippen LogP contribution in [0.3, 0.4) is 0 Å². The number of aromatic nitrogens is 2. The quantitative estimate of drug-likeness (QED) is 0.590. The van der Waals surface area contributed by atoms with Crippen LogP contribution < -0.4 is 11.2 Å². The lowest BCUT2D eigenvalue weighted by Gasteiger charge is -2.15. The molecule has 0 bridgehead atoms. The summed E-state index contributed by atoms with van der Waals surface area (Å²) in [4.78, 5) is 36.1. The number of hydrogen-bond acceptors (Lipinski definition) is 6. The summed E-state index contributed by atoms with van der Waals surface area (Å²) < 4.78 is 11.6. The molecule has 9 heteroatoms. The molecule has 1 unspecified atom stereocenters. The third-order valence-electron chi connectivity index (χ3n) is 3.25. The first-order valence-electron chi connectivity index (χ1n) is 6.51. The normalized spacial score (nSPS) is 24.9. The predicted molar refractivity (Wildman–Crippen MR) is 74.4 cm³/mol. The molecule has 1 aliphatic heterocycles. The zero-order chi connectivity index (χ0) is 16.3. The van der Waals surface area contributed by atoms with Crippen molar-refractivity contribution >= 4 is 12.0 Å². The summed E-state index contributed by atoms with van der Waals surface area (Å²) in [6.45, 7) is 0.168. The maximum Gasteiger partial charge on any atom is 0.330 e. The van der Waals surface area contributed by atoms with Gasteiger partial charge in [0, 0.05) is 25.8 Å². The van der Waals surface area contributed by atoms with Gasteiger partial charge in [-0.15, -0.1) is 0 Å². The summed E-state index contributed by atoms with van der Waals surface area (Å²) >= 11 is 0. The van der Waals surface area contributed by atoms with Crippen molar-refractivity contribution in [3.63, 3.8) is 0 Å². The number of carbonyl (C=O) groups is 1. The molecule has 1 fully saturated rings. The van der Waals surface area contributed by atoms with Gasteiger partial charge < -0.3 is 19.7 Å². The van der Waals surface area contributed by atoms with Gasteiger partial charge in [-0.1, -0.05) is 0 Å². The van der Waals surface area contributed by atoms with Gasteiger partial charge in [-0.25, -0.2) is 9.59 Å².